The van der Waals surface area contributed by atoms with Crippen LogP contribution in [0.25, 0.3) is 0 Å². The normalized spacial score (nSPS) is 19.8. The number of nitrogens with one attached hydrogen (secondary N) is 1. The zero-order chi connectivity index (χ0) is 22.7. The number of hydrogen-bond acceptors (Lipinski definition) is 6. The van der Waals surface area contributed by atoms with E-state index < -0.39 is 15.9 Å². The van der Waals surface area contributed by atoms with Gasteiger partial charge in [-0.15, -0.1) is 0 Å². The second-order valence-electron chi connectivity index (χ2n) is 8.01. The standard InChI is InChI=1S/C23H28N2O6S/c1-16(17-5-10-21-22(14-17)31-13-12-30-21)24-23(26)18-4-3-11-25(15-18)32(27,28)20-8-6-19(29-2)7-9-20/h5-10,14,16,18H,3-4,11-13,15H2,1-2H3,(H,24,26). The molecule has 0 aliphatic carbocycles. The van der Waals surface area contributed by atoms with Gasteiger partial charge in [0, 0.05) is 13.1 Å². The third-order valence-corrected chi connectivity index (χ3v) is 7.76. The third kappa shape index (κ3) is 4.68. The Morgan fingerprint density at radius 1 is 1.12 bits per heavy atom. The molecule has 9 heteroatoms. The van der Waals surface area contributed by atoms with Gasteiger partial charge in [-0.3, -0.25) is 4.79 Å². The average Bonchev–Trinajstić information content (AvgIpc) is 2.83. The molecule has 2 unspecified atom stereocenters. The number of ether oxygens (including phenoxy) is 3. The van der Waals surface area contributed by atoms with E-state index >= 15 is 0 Å². The smallest absolute Gasteiger partial charge is 0.243 e. The number of benzene rings is 2. The highest BCUT2D eigenvalue weighted by Crippen LogP contribution is 2.33. The topological polar surface area (TPSA) is 94.2 Å². The lowest BCUT2D eigenvalue weighted by molar-refractivity contribution is -0.126. The molecule has 32 heavy (non-hydrogen) atoms. The largest absolute Gasteiger partial charge is 0.497 e. The number of methoxy groups -OCH3 is 1. The van der Waals surface area contributed by atoms with Crippen molar-refractivity contribution in [3.05, 3.63) is 48.0 Å². The second kappa shape index (κ2) is 9.38. The predicted octanol–water partition coefficient (Wildman–Crippen LogP) is 2.74. The van der Waals surface area contributed by atoms with Crippen molar-refractivity contribution >= 4 is 15.9 Å². The number of rotatable bonds is 6. The van der Waals surface area contributed by atoms with Gasteiger partial charge in [-0.2, -0.15) is 4.31 Å². The van der Waals surface area contributed by atoms with Crippen LogP contribution in [-0.2, 0) is 14.8 Å². The molecule has 1 N–H and O–H groups in total. The van der Waals surface area contributed by atoms with Crippen molar-refractivity contribution in [1.82, 2.24) is 9.62 Å². The van der Waals surface area contributed by atoms with Gasteiger partial charge in [0.15, 0.2) is 11.5 Å². The summed E-state index contributed by atoms with van der Waals surface area (Å²) < 4.78 is 43.8. The molecule has 2 aromatic rings. The number of fused-ring (bicyclic) bond motifs is 1. The van der Waals surface area contributed by atoms with Crippen molar-refractivity contribution in [2.24, 2.45) is 5.92 Å². The van der Waals surface area contributed by atoms with Gasteiger partial charge in [0.1, 0.15) is 19.0 Å². The Morgan fingerprint density at radius 3 is 2.56 bits per heavy atom. The van der Waals surface area contributed by atoms with Crippen molar-refractivity contribution in [2.45, 2.75) is 30.7 Å². The number of amides is 1. The summed E-state index contributed by atoms with van der Waals surface area (Å²) in [5.74, 6) is 1.40. The Balaban J connectivity index is 1.41. The molecule has 0 spiro atoms. The molecule has 4 rings (SSSR count). The van der Waals surface area contributed by atoms with Crippen LogP contribution >= 0.6 is 0 Å². The van der Waals surface area contributed by atoms with Gasteiger partial charge in [0.25, 0.3) is 0 Å². The highest BCUT2D eigenvalue weighted by atomic mass is 32.2. The molecular weight excluding hydrogens is 432 g/mol. The number of carbonyl (C=O) groups is 1. The third-order valence-electron chi connectivity index (χ3n) is 5.88. The van der Waals surface area contributed by atoms with E-state index in [2.05, 4.69) is 5.32 Å². The Labute approximate surface area is 188 Å². The van der Waals surface area contributed by atoms with Gasteiger partial charge in [0.2, 0.25) is 15.9 Å². The fourth-order valence-electron chi connectivity index (χ4n) is 4.02. The van der Waals surface area contributed by atoms with Crippen molar-refractivity contribution in [1.29, 1.82) is 0 Å². The van der Waals surface area contributed by atoms with Gasteiger partial charge < -0.3 is 19.5 Å². The Morgan fingerprint density at radius 2 is 1.84 bits per heavy atom. The number of sulfonamides is 1. The van der Waals surface area contributed by atoms with Crippen LogP contribution in [-0.4, -0.2) is 52.0 Å². The first-order valence-electron chi connectivity index (χ1n) is 10.7. The van der Waals surface area contributed by atoms with Crippen LogP contribution in [0.1, 0.15) is 31.4 Å². The fourth-order valence-corrected chi connectivity index (χ4v) is 5.54. The van der Waals surface area contributed by atoms with E-state index in [0.717, 1.165) is 5.56 Å². The number of nitrogens with zero attached hydrogens (tertiary/aromatic N) is 1. The van der Waals surface area contributed by atoms with Crippen molar-refractivity contribution in [3.8, 4) is 17.2 Å². The maximum Gasteiger partial charge on any atom is 0.243 e. The lowest BCUT2D eigenvalue weighted by Crippen LogP contribution is -2.45. The lowest BCUT2D eigenvalue weighted by atomic mass is 9.97. The van der Waals surface area contributed by atoms with E-state index in [1.54, 1.807) is 12.1 Å². The highest BCUT2D eigenvalue weighted by molar-refractivity contribution is 7.89. The van der Waals surface area contributed by atoms with Gasteiger partial charge in [-0.25, -0.2) is 8.42 Å². The summed E-state index contributed by atoms with van der Waals surface area (Å²) >= 11 is 0. The summed E-state index contributed by atoms with van der Waals surface area (Å²) in [6.45, 7) is 3.48. The number of carbonyl (C=O) groups excluding carboxylic acids is 1. The van der Waals surface area contributed by atoms with Crippen LogP contribution < -0.4 is 19.5 Å². The molecule has 2 aliphatic heterocycles. The zero-order valence-corrected chi connectivity index (χ0v) is 19.1. The van der Waals surface area contributed by atoms with Gasteiger partial charge in [-0.1, -0.05) is 6.07 Å². The molecule has 2 atom stereocenters. The molecule has 2 aliphatic rings. The van der Waals surface area contributed by atoms with Gasteiger partial charge >= 0.3 is 0 Å². The maximum absolute atomic E-state index is 13.1. The summed E-state index contributed by atoms with van der Waals surface area (Å²) in [4.78, 5) is 13.2. The number of piperidine rings is 1. The van der Waals surface area contributed by atoms with Crippen molar-refractivity contribution in [3.63, 3.8) is 0 Å². The molecule has 0 saturated carbocycles. The van der Waals surface area contributed by atoms with Crippen molar-refractivity contribution < 1.29 is 27.4 Å². The van der Waals surface area contributed by atoms with E-state index in [0.29, 0.717) is 49.8 Å². The molecule has 1 fully saturated rings. The summed E-state index contributed by atoms with van der Waals surface area (Å²) in [6, 6.07) is 11.7. The van der Waals surface area contributed by atoms with Gasteiger partial charge in [0.05, 0.1) is 24.0 Å². The molecule has 172 valence electrons. The first-order chi connectivity index (χ1) is 15.4. The fraction of sp³-hybridized carbons (Fsp3) is 0.435. The molecule has 2 heterocycles. The van der Waals surface area contributed by atoms with Crippen LogP contribution in [0.3, 0.4) is 0 Å². The molecule has 8 nitrogen and oxygen atoms in total. The Bertz CT molecular complexity index is 1070. The van der Waals surface area contributed by atoms with Crippen LogP contribution in [0.15, 0.2) is 47.4 Å². The SMILES string of the molecule is COc1ccc(S(=O)(=O)N2CCCC(C(=O)NC(C)c3ccc4c(c3)OCCO4)C2)cc1. The summed E-state index contributed by atoms with van der Waals surface area (Å²) in [6.07, 6.45) is 1.28. The molecule has 0 bridgehead atoms. The van der Waals surface area contributed by atoms with Crippen LogP contribution in [0.2, 0.25) is 0 Å². The monoisotopic (exact) mass is 460 g/mol. The Hall–Kier alpha value is -2.78. The highest BCUT2D eigenvalue weighted by Gasteiger charge is 2.33. The molecule has 0 radical (unpaired) electrons. The first kappa shape index (κ1) is 22.4. The minimum Gasteiger partial charge on any atom is -0.497 e. The van der Waals surface area contributed by atoms with Gasteiger partial charge in [-0.05, 0) is 61.7 Å². The van der Waals surface area contributed by atoms with E-state index in [1.807, 2.05) is 25.1 Å². The molecule has 0 aromatic heterocycles. The zero-order valence-electron chi connectivity index (χ0n) is 18.2. The summed E-state index contributed by atoms with van der Waals surface area (Å²) in [5, 5.41) is 3.03. The van der Waals surface area contributed by atoms with Crippen LogP contribution in [0.4, 0.5) is 0 Å². The van der Waals surface area contributed by atoms with Crippen molar-refractivity contribution in [2.75, 3.05) is 33.4 Å². The Kier molecular flexibility index (Phi) is 6.57. The van der Waals surface area contributed by atoms with E-state index in [-0.39, 0.29) is 23.4 Å². The molecule has 2 aromatic carbocycles. The van der Waals surface area contributed by atoms with Crippen LogP contribution in [0.5, 0.6) is 17.2 Å². The molecule has 1 amide bonds. The minimum atomic E-state index is -3.68. The average molecular weight is 461 g/mol. The predicted molar refractivity (Wildman–Crippen MR) is 118 cm³/mol. The van der Waals surface area contributed by atoms with E-state index in [4.69, 9.17) is 14.2 Å². The maximum atomic E-state index is 13.1. The lowest BCUT2D eigenvalue weighted by Gasteiger charge is -2.32. The number of hydrogen-bond donors (Lipinski definition) is 1. The molecular formula is C23H28N2O6S. The summed E-state index contributed by atoms with van der Waals surface area (Å²) in [7, 11) is -2.15. The summed E-state index contributed by atoms with van der Waals surface area (Å²) in [5.41, 5.74) is 0.904. The van der Waals surface area contributed by atoms with Crippen LogP contribution in [0, 0.1) is 5.92 Å². The quantitative estimate of drug-likeness (QED) is 0.713. The van der Waals surface area contributed by atoms with E-state index in [9.17, 15) is 13.2 Å². The molecule has 1 saturated heterocycles. The second-order valence-corrected chi connectivity index (χ2v) is 9.95. The minimum absolute atomic E-state index is 0.151. The van der Waals surface area contributed by atoms with E-state index in [1.165, 1.54) is 23.5 Å². The first-order valence-corrected chi connectivity index (χ1v) is 12.2.